The number of amides is 2. The summed E-state index contributed by atoms with van der Waals surface area (Å²) < 4.78 is 0. The summed E-state index contributed by atoms with van der Waals surface area (Å²) in [5.74, 6) is -0.830. The van der Waals surface area contributed by atoms with Crippen LogP contribution in [0, 0.1) is 11.3 Å². The number of anilines is 1. The molecule has 2 N–H and O–H groups in total. The van der Waals surface area contributed by atoms with Crippen LogP contribution in [-0.2, 0) is 9.59 Å². The molecule has 0 saturated carbocycles. The maximum Gasteiger partial charge on any atom is 0.234 e. The van der Waals surface area contributed by atoms with E-state index in [1.54, 1.807) is 48.5 Å². The summed E-state index contributed by atoms with van der Waals surface area (Å²) in [6.45, 7) is 0. The average molecular weight is 432 g/mol. The molecule has 8 heteroatoms. The molecular formula is C20H15Cl2N3O2S. The molecule has 0 bridgehead atoms. The van der Waals surface area contributed by atoms with Crippen LogP contribution in [0.2, 0.25) is 10.0 Å². The molecule has 1 heterocycles. The van der Waals surface area contributed by atoms with Gasteiger partial charge < -0.3 is 10.6 Å². The fourth-order valence-corrected chi connectivity index (χ4v) is 3.99. The largest absolute Gasteiger partial charge is 0.324 e. The lowest BCUT2D eigenvalue weighted by atomic mass is 9.87. The van der Waals surface area contributed by atoms with Gasteiger partial charge >= 0.3 is 0 Å². The first-order chi connectivity index (χ1) is 13.5. The number of halogens is 2. The van der Waals surface area contributed by atoms with Crippen LogP contribution in [0.25, 0.3) is 0 Å². The molecule has 0 spiro atoms. The van der Waals surface area contributed by atoms with E-state index >= 15 is 0 Å². The monoisotopic (exact) mass is 431 g/mol. The zero-order valence-corrected chi connectivity index (χ0v) is 16.9. The molecule has 0 saturated heterocycles. The predicted molar refractivity (Wildman–Crippen MR) is 112 cm³/mol. The SMILES string of the molecule is N#CC1=C(SCC(=O)Nc2ccccc2Cl)NC(=O)C[C@H]1c1ccc(Cl)cc1. The molecule has 1 atom stereocenters. The van der Waals surface area contributed by atoms with Gasteiger partial charge in [0.15, 0.2) is 0 Å². The molecule has 28 heavy (non-hydrogen) atoms. The molecule has 142 valence electrons. The quantitative estimate of drug-likeness (QED) is 0.718. The number of benzene rings is 2. The van der Waals surface area contributed by atoms with E-state index in [9.17, 15) is 14.9 Å². The van der Waals surface area contributed by atoms with Crippen LogP contribution in [0.5, 0.6) is 0 Å². The fraction of sp³-hybridized carbons (Fsp3) is 0.150. The smallest absolute Gasteiger partial charge is 0.234 e. The van der Waals surface area contributed by atoms with Gasteiger partial charge in [-0.05, 0) is 29.8 Å². The van der Waals surface area contributed by atoms with Crippen molar-refractivity contribution in [2.75, 3.05) is 11.1 Å². The Balaban J connectivity index is 1.76. The van der Waals surface area contributed by atoms with E-state index in [2.05, 4.69) is 16.7 Å². The maximum absolute atomic E-state index is 12.2. The zero-order valence-electron chi connectivity index (χ0n) is 14.5. The lowest BCUT2D eigenvalue weighted by Crippen LogP contribution is -2.31. The van der Waals surface area contributed by atoms with Crippen LogP contribution >= 0.6 is 35.0 Å². The minimum absolute atomic E-state index is 0.0271. The first-order valence-corrected chi connectivity index (χ1v) is 10.1. The van der Waals surface area contributed by atoms with Crippen LogP contribution in [0.3, 0.4) is 0 Å². The normalized spacial score (nSPS) is 16.3. The van der Waals surface area contributed by atoms with E-state index in [4.69, 9.17) is 23.2 Å². The van der Waals surface area contributed by atoms with Crippen molar-refractivity contribution in [2.24, 2.45) is 0 Å². The van der Waals surface area contributed by atoms with Crippen LogP contribution in [0.1, 0.15) is 17.9 Å². The highest BCUT2D eigenvalue weighted by Gasteiger charge is 2.29. The van der Waals surface area contributed by atoms with Gasteiger partial charge in [-0.15, -0.1) is 0 Å². The summed E-state index contributed by atoms with van der Waals surface area (Å²) in [4.78, 5) is 24.4. The summed E-state index contributed by atoms with van der Waals surface area (Å²) in [5.41, 5.74) is 1.77. The lowest BCUT2D eigenvalue weighted by Gasteiger charge is -2.25. The number of carbonyl (C=O) groups excluding carboxylic acids is 2. The average Bonchev–Trinajstić information content (AvgIpc) is 2.68. The third kappa shape index (κ3) is 4.87. The Bertz CT molecular complexity index is 984. The first-order valence-electron chi connectivity index (χ1n) is 8.34. The summed E-state index contributed by atoms with van der Waals surface area (Å²) >= 11 is 13.1. The van der Waals surface area contributed by atoms with Gasteiger partial charge in [-0.2, -0.15) is 5.26 Å². The van der Waals surface area contributed by atoms with Crippen LogP contribution in [-0.4, -0.2) is 17.6 Å². The zero-order chi connectivity index (χ0) is 20.1. The molecule has 0 fully saturated rings. The number of hydrogen-bond donors (Lipinski definition) is 2. The van der Waals surface area contributed by atoms with Crippen molar-refractivity contribution >= 4 is 52.5 Å². The van der Waals surface area contributed by atoms with Gasteiger partial charge in [0.25, 0.3) is 0 Å². The van der Waals surface area contributed by atoms with Gasteiger partial charge in [-0.25, -0.2) is 0 Å². The molecule has 1 aliphatic heterocycles. The van der Waals surface area contributed by atoms with Crippen molar-refractivity contribution in [3.05, 3.63) is 74.7 Å². The molecule has 2 aromatic carbocycles. The number of allylic oxidation sites excluding steroid dienone is 1. The van der Waals surface area contributed by atoms with Gasteiger partial charge in [0, 0.05) is 17.4 Å². The topological polar surface area (TPSA) is 82.0 Å². The number of nitriles is 1. The summed E-state index contributed by atoms with van der Waals surface area (Å²) in [7, 11) is 0. The molecule has 3 rings (SSSR count). The Morgan fingerprint density at radius 2 is 1.93 bits per heavy atom. The Hall–Kier alpha value is -2.46. The van der Waals surface area contributed by atoms with E-state index in [1.807, 2.05) is 0 Å². The molecule has 0 radical (unpaired) electrons. The molecule has 0 aromatic heterocycles. The predicted octanol–water partition coefficient (Wildman–Crippen LogP) is 4.70. The third-order valence-corrected chi connectivity index (χ3v) is 5.72. The molecule has 5 nitrogen and oxygen atoms in total. The lowest BCUT2D eigenvalue weighted by molar-refractivity contribution is -0.121. The van der Waals surface area contributed by atoms with Crippen molar-refractivity contribution in [2.45, 2.75) is 12.3 Å². The fourth-order valence-electron chi connectivity index (χ4n) is 2.80. The summed E-state index contributed by atoms with van der Waals surface area (Å²) in [5, 5.41) is 16.5. The van der Waals surface area contributed by atoms with Crippen molar-refractivity contribution in [1.29, 1.82) is 5.26 Å². The van der Waals surface area contributed by atoms with Gasteiger partial charge in [0.05, 0.1) is 33.1 Å². The van der Waals surface area contributed by atoms with Crippen molar-refractivity contribution in [3.63, 3.8) is 0 Å². The highest BCUT2D eigenvalue weighted by molar-refractivity contribution is 8.03. The number of hydrogen-bond acceptors (Lipinski definition) is 4. The number of thioether (sulfide) groups is 1. The minimum atomic E-state index is -0.370. The Kier molecular flexibility index (Phi) is 6.63. The number of nitrogens with one attached hydrogen (secondary N) is 2. The van der Waals surface area contributed by atoms with Gasteiger partial charge in [-0.3, -0.25) is 9.59 Å². The highest BCUT2D eigenvalue weighted by atomic mass is 35.5. The summed E-state index contributed by atoms with van der Waals surface area (Å²) in [6, 6.07) is 16.1. The van der Waals surface area contributed by atoms with Crippen molar-refractivity contribution < 1.29 is 9.59 Å². The molecule has 1 aliphatic rings. The highest BCUT2D eigenvalue weighted by Crippen LogP contribution is 2.36. The standard InChI is InChI=1S/C20H15Cl2N3O2S/c21-13-7-5-12(6-8-13)14-9-18(26)25-20(15(14)10-23)28-11-19(27)24-17-4-2-1-3-16(17)22/h1-8,14H,9,11H2,(H,24,27)(H,25,26)/t14-/m0/s1. The Labute approximate surface area is 176 Å². The van der Waals surface area contributed by atoms with Gasteiger partial charge in [-0.1, -0.05) is 59.2 Å². The first kappa shape index (κ1) is 20.3. The minimum Gasteiger partial charge on any atom is -0.324 e. The maximum atomic E-state index is 12.2. The molecule has 0 unspecified atom stereocenters. The van der Waals surface area contributed by atoms with Gasteiger partial charge in [0.2, 0.25) is 11.8 Å². The number of nitrogens with zero attached hydrogens (tertiary/aromatic N) is 1. The molecule has 2 amide bonds. The van der Waals surface area contributed by atoms with E-state index in [0.717, 1.165) is 17.3 Å². The van der Waals surface area contributed by atoms with E-state index in [0.29, 0.717) is 26.3 Å². The third-order valence-electron chi connectivity index (χ3n) is 4.12. The molecular weight excluding hydrogens is 417 g/mol. The number of para-hydroxylation sites is 1. The Morgan fingerprint density at radius 3 is 2.61 bits per heavy atom. The molecule has 2 aromatic rings. The van der Waals surface area contributed by atoms with Crippen LogP contribution < -0.4 is 10.6 Å². The molecule has 0 aliphatic carbocycles. The van der Waals surface area contributed by atoms with Crippen LogP contribution in [0.4, 0.5) is 5.69 Å². The summed E-state index contributed by atoms with van der Waals surface area (Å²) in [6.07, 6.45) is 0.167. The number of carbonyl (C=O) groups is 2. The van der Waals surface area contributed by atoms with E-state index in [1.165, 1.54) is 0 Å². The second-order valence-corrected chi connectivity index (χ2v) is 7.86. The van der Waals surface area contributed by atoms with E-state index in [-0.39, 0.29) is 29.9 Å². The number of rotatable bonds is 5. The second kappa shape index (κ2) is 9.16. The van der Waals surface area contributed by atoms with Crippen molar-refractivity contribution in [1.82, 2.24) is 5.32 Å². The second-order valence-electron chi connectivity index (χ2n) is 6.03. The Morgan fingerprint density at radius 1 is 1.21 bits per heavy atom. The van der Waals surface area contributed by atoms with Gasteiger partial charge in [0.1, 0.15) is 0 Å². The van der Waals surface area contributed by atoms with E-state index < -0.39 is 0 Å². The van der Waals surface area contributed by atoms with Crippen LogP contribution in [0.15, 0.2) is 59.1 Å². The van der Waals surface area contributed by atoms with Crippen molar-refractivity contribution in [3.8, 4) is 6.07 Å².